The standard InChI is InChI=1S/C15H17N3O/c1-8(2)13-14(19-15(16)18-13)12-9(3)17-11-7-5-4-6-10(11)12/h4-8,17H,1-3H3,(H2,16,18). The van der Waals surface area contributed by atoms with Gasteiger partial charge in [-0.2, -0.15) is 4.98 Å². The number of nitrogens with zero attached hydrogens (tertiary/aromatic N) is 1. The second kappa shape index (κ2) is 4.16. The molecule has 0 unspecified atom stereocenters. The summed E-state index contributed by atoms with van der Waals surface area (Å²) in [4.78, 5) is 7.68. The van der Waals surface area contributed by atoms with Gasteiger partial charge in [-0.05, 0) is 18.9 Å². The molecule has 3 rings (SSSR count). The van der Waals surface area contributed by atoms with Crippen molar-refractivity contribution >= 4 is 16.9 Å². The fraction of sp³-hybridized carbons (Fsp3) is 0.267. The lowest BCUT2D eigenvalue weighted by Crippen LogP contribution is -1.92. The Kier molecular flexibility index (Phi) is 2.59. The van der Waals surface area contributed by atoms with Crippen molar-refractivity contribution in [3.63, 3.8) is 0 Å². The molecular formula is C15H17N3O. The van der Waals surface area contributed by atoms with Crippen LogP contribution in [0.1, 0.15) is 31.2 Å². The Bertz CT molecular complexity index is 737. The maximum absolute atomic E-state index is 5.73. The lowest BCUT2D eigenvalue weighted by atomic mass is 10.0. The largest absolute Gasteiger partial charge is 0.423 e. The molecule has 1 aromatic carbocycles. The molecule has 0 bridgehead atoms. The number of nitrogen functional groups attached to an aromatic ring is 1. The number of nitrogens with two attached hydrogens (primary N) is 1. The number of aryl methyl sites for hydroxylation is 1. The Morgan fingerprint density at radius 1 is 1.26 bits per heavy atom. The van der Waals surface area contributed by atoms with Crippen LogP contribution in [0.4, 0.5) is 6.01 Å². The molecule has 2 heterocycles. The van der Waals surface area contributed by atoms with Crippen LogP contribution in [0.25, 0.3) is 22.2 Å². The minimum absolute atomic E-state index is 0.225. The first-order valence-electron chi connectivity index (χ1n) is 6.41. The van der Waals surface area contributed by atoms with E-state index in [1.165, 1.54) is 0 Å². The topological polar surface area (TPSA) is 67.8 Å². The zero-order chi connectivity index (χ0) is 13.6. The maximum Gasteiger partial charge on any atom is 0.292 e. The van der Waals surface area contributed by atoms with E-state index >= 15 is 0 Å². The predicted octanol–water partition coefficient (Wildman–Crippen LogP) is 3.84. The lowest BCUT2D eigenvalue weighted by molar-refractivity contribution is 0.592. The summed E-state index contributed by atoms with van der Waals surface area (Å²) < 4.78 is 5.66. The smallest absolute Gasteiger partial charge is 0.292 e. The molecule has 0 aliphatic rings. The molecule has 0 saturated heterocycles. The van der Waals surface area contributed by atoms with Gasteiger partial charge in [0.1, 0.15) is 0 Å². The third kappa shape index (κ3) is 1.80. The Morgan fingerprint density at radius 3 is 2.74 bits per heavy atom. The Balaban J connectivity index is 2.33. The number of rotatable bonds is 2. The normalized spacial score (nSPS) is 11.6. The Labute approximate surface area is 111 Å². The van der Waals surface area contributed by atoms with Crippen LogP contribution < -0.4 is 5.73 Å². The first-order chi connectivity index (χ1) is 9.08. The monoisotopic (exact) mass is 255 g/mol. The molecule has 19 heavy (non-hydrogen) atoms. The molecule has 0 fully saturated rings. The molecule has 98 valence electrons. The second-order valence-corrected chi connectivity index (χ2v) is 5.09. The molecule has 4 heteroatoms. The Hall–Kier alpha value is -2.23. The van der Waals surface area contributed by atoms with Gasteiger partial charge in [0.25, 0.3) is 6.01 Å². The third-order valence-corrected chi connectivity index (χ3v) is 3.34. The SMILES string of the molecule is Cc1[nH]c2ccccc2c1-c1oc(N)nc1C(C)C. The van der Waals surface area contributed by atoms with E-state index in [0.717, 1.165) is 33.6 Å². The van der Waals surface area contributed by atoms with Crippen molar-refractivity contribution in [3.05, 3.63) is 35.7 Å². The number of hydrogen-bond acceptors (Lipinski definition) is 3. The number of anilines is 1. The van der Waals surface area contributed by atoms with Crippen molar-refractivity contribution in [2.45, 2.75) is 26.7 Å². The first-order valence-corrected chi connectivity index (χ1v) is 6.41. The molecule has 0 aliphatic heterocycles. The summed E-state index contributed by atoms with van der Waals surface area (Å²) in [6, 6.07) is 8.40. The summed E-state index contributed by atoms with van der Waals surface area (Å²) in [6.45, 7) is 6.22. The zero-order valence-electron chi connectivity index (χ0n) is 11.3. The van der Waals surface area contributed by atoms with E-state index in [1.807, 2.05) is 19.1 Å². The van der Waals surface area contributed by atoms with Gasteiger partial charge in [0.15, 0.2) is 5.76 Å². The van der Waals surface area contributed by atoms with E-state index in [-0.39, 0.29) is 11.9 Å². The Morgan fingerprint density at radius 2 is 2.00 bits per heavy atom. The fourth-order valence-electron chi connectivity index (χ4n) is 2.49. The molecular weight excluding hydrogens is 238 g/mol. The van der Waals surface area contributed by atoms with Gasteiger partial charge < -0.3 is 15.1 Å². The van der Waals surface area contributed by atoms with Crippen LogP contribution >= 0.6 is 0 Å². The zero-order valence-corrected chi connectivity index (χ0v) is 11.3. The van der Waals surface area contributed by atoms with Crippen molar-refractivity contribution in [1.82, 2.24) is 9.97 Å². The molecule has 0 atom stereocenters. The predicted molar refractivity (Wildman–Crippen MR) is 77.0 cm³/mol. The molecule has 3 N–H and O–H groups in total. The van der Waals surface area contributed by atoms with Crippen LogP contribution in [0.15, 0.2) is 28.7 Å². The van der Waals surface area contributed by atoms with Gasteiger partial charge in [-0.1, -0.05) is 32.0 Å². The van der Waals surface area contributed by atoms with E-state index in [9.17, 15) is 0 Å². The highest BCUT2D eigenvalue weighted by Gasteiger charge is 2.21. The number of H-pyrrole nitrogens is 1. The molecule has 4 nitrogen and oxygen atoms in total. The molecule has 0 aliphatic carbocycles. The van der Waals surface area contributed by atoms with Crippen molar-refractivity contribution < 1.29 is 4.42 Å². The molecule has 0 spiro atoms. The van der Waals surface area contributed by atoms with Crippen LogP contribution in [0.5, 0.6) is 0 Å². The molecule has 0 radical (unpaired) electrons. The van der Waals surface area contributed by atoms with Crippen molar-refractivity contribution in [2.75, 3.05) is 5.73 Å². The molecule has 0 amide bonds. The van der Waals surface area contributed by atoms with Gasteiger partial charge in [-0.15, -0.1) is 0 Å². The minimum Gasteiger partial charge on any atom is -0.423 e. The van der Waals surface area contributed by atoms with E-state index in [0.29, 0.717) is 0 Å². The van der Waals surface area contributed by atoms with Gasteiger partial charge in [0, 0.05) is 22.2 Å². The summed E-state index contributed by atoms with van der Waals surface area (Å²) >= 11 is 0. The second-order valence-electron chi connectivity index (χ2n) is 5.09. The average Bonchev–Trinajstić information content (AvgIpc) is 2.88. The fourth-order valence-corrected chi connectivity index (χ4v) is 2.49. The van der Waals surface area contributed by atoms with Crippen molar-refractivity contribution in [3.8, 4) is 11.3 Å². The van der Waals surface area contributed by atoms with Gasteiger partial charge in [0.05, 0.1) is 5.69 Å². The van der Waals surface area contributed by atoms with Gasteiger partial charge in [-0.3, -0.25) is 0 Å². The highest BCUT2D eigenvalue weighted by atomic mass is 16.4. The van der Waals surface area contributed by atoms with Crippen LogP contribution in [0.3, 0.4) is 0 Å². The van der Waals surface area contributed by atoms with Gasteiger partial charge >= 0.3 is 0 Å². The number of aromatic nitrogens is 2. The molecule has 0 saturated carbocycles. The minimum atomic E-state index is 0.225. The van der Waals surface area contributed by atoms with Crippen LogP contribution in [0.2, 0.25) is 0 Å². The summed E-state index contributed by atoms with van der Waals surface area (Å²) in [5.41, 5.74) is 9.86. The number of oxazole rings is 1. The van der Waals surface area contributed by atoms with Gasteiger partial charge in [-0.25, -0.2) is 0 Å². The summed E-state index contributed by atoms with van der Waals surface area (Å²) in [5, 5.41) is 1.14. The highest BCUT2D eigenvalue weighted by molar-refractivity contribution is 5.96. The number of hydrogen-bond donors (Lipinski definition) is 2. The summed E-state index contributed by atoms with van der Waals surface area (Å²) in [6.07, 6.45) is 0. The molecule has 3 aromatic rings. The first kappa shape index (κ1) is 11.8. The third-order valence-electron chi connectivity index (χ3n) is 3.34. The number of benzene rings is 1. The van der Waals surface area contributed by atoms with Crippen LogP contribution in [-0.4, -0.2) is 9.97 Å². The highest BCUT2D eigenvalue weighted by Crippen LogP contribution is 2.37. The summed E-state index contributed by atoms with van der Waals surface area (Å²) in [5.74, 6) is 1.05. The lowest BCUT2D eigenvalue weighted by Gasteiger charge is -2.03. The van der Waals surface area contributed by atoms with E-state index in [2.05, 4.69) is 35.9 Å². The van der Waals surface area contributed by atoms with Crippen molar-refractivity contribution in [2.24, 2.45) is 0 Å². The summed E-state index contributed by atoms with van der Waals surface area (Å²) in [7, 11) is 0. The van der Waals surface area contributed by atoms with E-state index in [1.54, 1.807) is 0 Å². The van der Waals surface area contributed by atoms with Crippen LogP contribution in [0, 0.1) is 6.92 Å². The van der Waals surface area contributed by atoms with Gasteiger partial charge in [0.2, 0.25) is 0 Å². The number of nitrogens with one attached hydrogen (secondary N) is 1. The molecule has 2 aromatic heterocycles. The van der Waals surface area contributed by atoms with Crippen LogP contribution in [-0.2, 0) is 0 Å². The quantitative estimate of drug-likeness (QED) is 0.731. The van der Waals surface area contributed by atoms with E-state index in [4.69, 9.17) is 10.2 Å². The average molecular weight is 255 g/mol. The number of aromatic amines is 1. The number of fused-ring (bicyclic) bond motifs is 1. The maximum atomic E-state index is 5.73. The number of para-hydroxylation sites is 1. The van der Waals surface area contributed by atoms with Crippen molar-refractivity contribution in [1.29, 1.82) is 0 Å². The van der Waals surface area contributed by atoms with E-state index < -0.39 is 0 Å².